The molecule has 0 fully saturated rings. The van der Waals surface area contributed by atoms with E-state index in [0.29, 0.717) is 16.3 Å². The molecule has 0 saturated carbocycles. The summed E-state index contributed by atoms with van der Waals surface area (Å²) in [7, 11) is 1.56. The Hall–Kier alpha value is -2.86. The molecule has 2 amide bonds. The number of hydrogen-bond donors (Lipinski definition) is 2. The SMILES string of the molecule is COc1ccccc1/C=N\NC(=O)C(NC(=O)c1ccc(Cl)cc1)C(C)C. The van der Waals surface area contributed by atoms with Crippen molar-refractivity contribution in [3.8, 4) is 5.75 Å². The number of nitrogens with zero attached hydrogens (tertiary/aromatic N) is 1. The minimum atomic E-state index is -0.733. The molecule has 142 valence electrons. The molecule has 0 heterocycles. The van der Waals surface area contributed by atoms with Gasteiger partial charge in [-0.1, -0.05) is 37.6 Å². The summed E-state index contributed by atoms with van der Waals surface area (Å²) in [6.45, 7) is 3.69. The van der Waals surface area contributed by atoms with E-state index in [-0.39, 0.29) is 11.8 Å². The zero-order chi connectivity index (χ0) is 19.8. The Labute approximate surface area is 163 Å². The van der Waals surface area contributed by atoms with Crippen LogP contribution in [0.1, 0.15) is 29.8 Å². The van der Waals surface area contributed by atoms with Gasteiger partial charge in [-0.3, -0.25) is 9.59 Å². The van der Waals surface area contributed by atoms with Gasteiger partial charge in [0, 0.05) is 16.1 Å². The van der Waals surface area contributed by atoms with E-state index in [4.69, 9.17) is 16.3 Å². The molecule has 0 aromatic heterocycles. The van der Waals surface area contributed by atoms with Gasteiger partial charge in [0.15, 0.2) is 0 Å². The summed E-state index contributed by atoms with van der Waals surface area (Å²) in [6.07, 6.45) is 1.50. The van der Waals surface area contributed by atoms with E-state index in [1.807, 2.05) is 32.0 Å². The molecule has 0 aliphatic heterocycles. The van der Waals surface area contributed by atoms with E-state index in [1.54, 1.807) is 37.4 Å². The van der Waals surface area contributed by atoms with Crippen LogP contribution in [0.5, 0.6) is 5.75 Å². The van der Waals surface area contributed by atoms with Crippen LogP contribution in [0.4, 0.5) is 0 Å². The van der Waals surface area contributed by atoms with Gasteiger partial charge in [0.25, 0.3) is 11.8 Å². The van der Waals surface area contributed by atoms with Crippen molar-refractivity contribution in [1.29, 1.82) is 0 Å². The third-order valence-corrected chi connectivity index (χ3v) is 4.11. The molecule has 0 aliphatic carbocycles. The van der Waals surface area contributed by atoms with Gasteiger partial charge in [0.05, 0.1) is 13.3 Å². The first-order valence-corrected chi connectivity index (χ1v) is 8.82. The maximum absolute atomic E-state index is 12.5. The minimum absolute atomic E-state index is 0.122. The van der Waals surface area contributed by atoms with Gasteiger partial charge in [-0.25, -0.2) is 5.43 Å². The molecule has 27 heavy (non-hydrogen) atoms. The Kier molecular flexibility index (Phi) is 7.37. The molecule has 0 bridgehead atoms. The summed E-state index contributed by atoms with van der Waals surface area (Å²) in [4.78, 5) is 24.8. The van der Waals surface area contributed by atoms with E-state index in [0.717, 1.165) is 5.56 Å². The highest BCUT2D eigenvalue weighted by Crippen LogP contribution is 2.14. The molecule has 6 nitrogen and oxygen atoms in total. The fraction of sp³-hybridized carbons (Fsp3) is 0.250. The lowest BCUT2D eigenvalue weighted by Gasteiger charge is -2.20. The van der Waals surface area contributed by atoms with Gasteiger partial charge in [-0.2, -0.15) is 5.10 Å². The van der Waals surface area contributed by atoms with Gasteiger partial charge in [0.2, 0.25) is 0 Å². The standard InChI is InChI=1S/C20H22ClN3O3/c1-13(2)18(23-19(25)14-8-10-16(21)11-9-14)20(26)24-22-12-15-6-4-5-7-17(15)27-3/h4-13,18H,1-3H3,(H,23,25)(H,24,26)/b22-12-. The van der Waals surface area contributed by atoms with Crippen molar-refractivity contribution in [3.63, 3.8) is 0 Å². The molecule has 2 aromatic rings. The van der Waals surface area contributed by atoms with Crippen LogP contribution in [0.3, 0.4) is 0 Å². The number of ether oxygens (including phenoxy) is 1. The Bertz CT molecular complexity index is 819. The molecule has 2 aromatic carbocycles. The van der Waals surface area contributed by atoms with Crippen molar-refractivity contribution in [2.45, 2.75) is 19.9 Å². The monoisotopic (exact) mass is 387 g/mol. The minimum Gasteiger partial charge on any atom is -0.496 e. The number of halogens is 1. The number of amides is 2. The highest BCUT2D eigenvalue weighted by atomic mass is 35.5. The fourth-order valence-corrected chi connectivity index (χ4v) is 2.49. The number of rotatable bonds is 7. The van der Waals surface area contributed by atoms with Crippen molar-refractivity contribution in [2.75, 3.05) is 7.11 Å². The van der Waals surface area contributed by atoms with E-state index in [2.05, 4.69) is 15.8 Å². The lowest BCUT2D eigenvalue weighted by atomic mass is 10.0. The van der Waals surface area contributed by atoms with E-state index in [1.165, 1.54) is 6.21 Å². The van der Waals surface area contributed by atoms with Crippen molar-refractivity contribution >= 4 is 29.6 Å². The molecular weight excluding hydrogens is 366 g/mol. The van der Waals surface area contributed by atoms with Crippen LogP contribution in [0.15, 0.2) is 53.6 Å². The second-order valence-corrected chi connectivity index (χ2v) is 6.61. The summed E-state index contributed by atoms with van der Waals surface area (Å²) in [5, 5.41) is 7.24. The number of methoxy groups -OCH3 is 1. The summed E-state index contributed by atoms with van der Waals surface area (Å²) in [5.41, 5.74) is 3.62. The highest BCUT2D eigenvalue weighted by molar-refractivity contribution is 6.30. The Morgan fingerprint density at radius 2 is 1.78 bits per heavy atom. The number of carbonyl (C=O) groups is 2. The Morgan fingerprint density at radius 3 is 2.41 bits per heavy atom. The first-order valence-electron chi connectivity index (χ1n) is 8.44. The molecule has 1 atom stereocenters. The fourth-order valence-electron chi connectivity index (χ4n) is 2.37. The van der Waals surface area contributed by atoms with Crippen molar-refractivity contribution in [2.24, 2.45) is 11.0 Å². The Balaban J connectivity index is 2.03. The normalized spacial score (nSPS) is 12.0. The first kappa shape index (κ1) is 20.5. The summed E-state index contributed by atoms with van der Waals surface area (Å²) < 4.78 is 5.23. The molecule has 2 rings (SSSR count). The number of hydrazone groups is 1. The molecule has 2 N–H and O–H groups in total. The van der Waals surface area contributed by atoms with Gasteiger partial charge in [-0.05, 0) is 42.3 Å². The van der Waals surface area contributed by atoms with Gasteiger partial charge in [-0.15, -0.1) is 0 Å². The number of benzene rings is 2. The molecule has 1 unspecified atom stereocenters. The summed E-state index contributed by atoms with van der Waals surface area (Å²) in [6, 6.07) is 13.0. The predicted molar refractivity (Wildman–Crippen MR) is 106 cm³/mol. The van der Waals surface area contributed by atoms with Gasteiger partial charge >= 0.3 is 0 Å². The van der Waals surface area contributed by atoms with Crippen LogP contribution in [0, 0.1) is 5.92 Å². The van der Waals surface area contributed by atoms with Gasteiger partial charge < -0.3 is 10.1 Å². The van der Waals surface area contributed by atoms with Gasteiger partial charge in [0.1, 0.15) is 11.8 Å². The second-order valence-electron chi connectivity index (χ2n) is 6.18. The quantitative estimate of drug-likeness (QED) is 0.565. The maximum Gasteiger partial charge on any atom is 0.262 e. The zero-order valence-corrected chi connectivity index (χ0v) is 16.2. The number of carbonyl (C=O) groups excluding carboxylic acids is 2. The average molecular weight is 388 g/mol. The van der Waals surface area contributed by atoms with E-state index >= 15 is 0 Å². The lowest BCUT2D eigenvalue weighted by molar-refractivity contribution is -0.123. The van der Waals surface area contributed by atoms with Crippen LogP contribution in [0.2, 0.25) is 5.02 Å². The van der Waals surface area contributed by atoms with Crippen LogP contribution in [-0.4, -0.2) is 31.2 Å². The molecule has 0 aliphatic rings. The molecule has 0 spiro atoms. The predicted octanol–water partition coefficient (Wildman–Crippen LogP) is 3.25. The second kappa shape index (κ2) is 9.73. The van der Waals surface area contributed by atoms with Crippen molar-refractivity contribution < 1.29 is 14.3 Å². The number of hydrogen-bond acceptors (Lipinski definition) is 4. The van der Waals surface area contributed by atoms with E-state index in [9.17, 15) is 9.59 Å². The summed E-state index contributed by atoms with van der Waals surface area (Å²) >= 11 is 5.83. The third-order valence-electron chi connectivity index (χ3n) is 3.86. The number of para-hydroxylation sites is 1. The molecule has 7 heteroatoms. The smallest absolute Gasteiger partial charge is 0.262 e. The topological polar surface area (TPSA) is 79.8 Å². The zero-order valence-electron chi connectivity index (χ0n) is 15.4. The lowest BCUT2D eigenvalue weighted by Crippen LogP contribution is -2.48. The van der Waals surface area contributed by atoms with Crippen molar-refractivity contribution in [1.82, 2.24) is 10.7 Å². The van der Waals surface area contributed by atoms with Crippen LogP contribution in [-0.2, 0) is 4.79 Å². The first-order chi connectivity index (χ1) is 12.9. The average Bonchev–Trinajstić information content (AvgIpc) is 2.66. The largest absolute Gasteiger partial charge is 0.496 e. The maximum atomic E-state index is 12.5. The Morgan fingerprint density at radius 1 is 1.11 bits per heavy atom. The molecular formula is C20H22ClN3O3. The van der Waals surface area contributed by atoms with Crippen LogP contribution in [0.25, 0.3) is 0 Å². The number of nitrogens with one attached hydrogen (secondary N) is 2. The van der Waals surface area contributed by atoms with Crippen LogP contribution < -0.4 is 15.5 Å². The van der Waals surface area contributed by atoms with E-state index < -0.39 is 11.9 Å². The highest BCUT2D eigenvalue weighted by Gasteiger charge is 2.24. The summed E-state index contributed by atoms with van der Waals surface area (Å²) in [5.74, 6) is -0.234. The third kappa shape index (κ3) is 5.82. The van der Waals surface area contributed by atoms with Crippen molar-refractivity contribution in [3.05, 3.63) is 64.7 Å². The van der Waals surface area contributed by atoms with Crippen LogP contribution >= 0.6 is 11.6 Å². The molecule has 0 saturated heterocycles. The molecule has 0 radical (unpaired) electrons.